The molecule has 0 heterocycles. The molecule has 9 heteroatoms. The summed E-state index contributed by atoms with van der Waals surface area (Å²) >= 11 is 2.86. The molecule has 0 saturated carbocycles. The van der Waals surface area contributed by atoms with E-state index in [2.05, 4.69) is 15.9 Å². The molecule has 0 aromatic rings. The summed E-state index contributed by atoms with van der Waals surface area (Å²) in [4.78, 5) is 9.54. The first kappa shape index (κ1) is 15.0. The Kier molecular flexibility index (Phi) is 7.29. The molecule has 0 aliphatic rings. The Morgan fingerprint density at radius 1 is 1.40 bits per heavy atom. The summed E-state index contributed by atoms with van der Waals surface area (Å²) in [7, 11) is -3.68. The number of alkyl halides is 1. The molecule has 0 spiro atoms. The first-order valence-corrected chi connectivity index (χ1v) is 6.64. The summed E-state index contributed by atoms with van der Waals surface area (Å²) in [5, 5.41) is 9.13. The number of rotatable bonds is 8. The van der Waals surface area contributed by atoms with Gasteiger partial charge in [-0.3, -0.25) is 23.7 Å². The SMILES string of the molecule is CCOP(=O)(OCC)OC(Br)C[N+](=O)[O-]. The maximum absolute atomic E-state index is 11.7. The minimum Gasteiger partial charge on any atom is -0.287 e. The number of nitrogens with zero attached hydrogens (tertiary/aromatic N) is 1. The zero-order valence-electron chi connectivity index (χ0n) is 8.42. The highest BCUT2D eigenvalue weighted by Gasteiger charge is 2.30. The third kappa shape index (κ3) is 6.97. The van der Waals surface area contributed by atoms with Crippen molar-refractivity contribution in [2.24, 2.45) is 0 Å². The Labute approximate surface area is 96.0 Å². The summed E-state index contributed by atoms with van der Waals surface area (Å²) in [6.07, 6.45) is 0. The number of halogens is 1. The monoisotopic (exact) mass is 305 g/mol. The average molecular weight is 306 g/mol. The molecule has 0 aromatic heterocycles. The molecular formula is C6H13BrNO6P. The summed E-state index contributed by atoms with van der Waals surface area (Å²) in [6.45, 7) is 2.98. The summed E-state index contributed by atoms with van der Waals surface area (Å²) in [5.41, 5.74) is 0. The van der Waals surface area contributed by atoms with Crippen LogP contribution in [0, 0.1) is 10.1 Å². The van der Waals surface area contributed by atoms with Crippen LogP contribution in [0.5, 0.6) is 0 Å². The Morgan fingerprint density at radius 3 is 2.20 bits per heavy atom. The van der Waals surface area contributed by atoms with E-state index in [-0.39, 0.29) is 13.2 Å². The van der Waals surface area contributed by atoms with Gasteiger partial charge in [0.25, 0.3) is 0 Å². The van der Waals surface area contributed by atoms with Crippen LogP contribution < -0.4 is 0 Å². The van der Waals surface area contributed by atoms with Crippen molar-refractivity contribution in [3.8, 4) is 0 Å². The van der Waals surface area contributed by atoms with Gasteiger partial charge in [0.15, 0.2) is 5.01 Å². The molecule has 7 nitrogen and oxygen atoms in total. The lowest BCUT2D eigenvalue weighted by Crippen LogP contribution is -2.17. The quantitative estimate of drug-likeness (QED) is 0.295. The van der Waals surface area contributed by atoms with Gasteiger partial charge in [-0.25, -0.2) is 4.57 Å². The van der Waals surface area contributed by atoms with Gasteiger partial charge >= 0.3 is 7.82 Å². The lowest BCUT2D eigenvalue weighted by molar-refractivity contribution is -0.484. The average Bonchev–Trinajstić information content (AvgIpc) is 2.01. The molecular weight excluding hydrogens is 293 g/mol. The largest absolute Gasteiger partial charge is 0.476 e. The van der Waals surface area contributed by atoms with Crippen LogP contribution in [0.2, 0.25) is 0 Å². The van der Waals surface area contributed by atoms with Crippen molar-refractivity contribution in [3.63, 3.8) is 0 Å². The van der Waals surface area contributed by atoms with Crippen LogP contribution in [0.25, 0.3) is 0 Å². The predicted molar refractivity (Wildman–Crippen MR) is 56.5 cm³/mol. The van der Waals surface area contributed by atoms with Crippen molar-refractivity contribution in [1.82, 2.24) is 0 Å². The van der Waals surface area contributed by atoms with Gasteiger partial charge in [0.2, 0.25) is 6.54 Å². The molecule has 0 aliphatic carbocycles. The van der Waals surface area contributed by atoms with Gasteiger partial charge in [-0.2, -0.15) is 0 Å². The summed E-state index contributed by atoms with van der Waals surface area (Å²) in [5.74, 6) is 0. The number of hydrogen-bond donors (Lipinski definition) is 0. The first-order valence-electron chi connectivity index (χ1n) is 4.27. The molecule has 0 saturated heterocycles. The van der Waals surface area contributed by atoms with Crippen molar-refractivity contribution in [3.05, 3.63) is 10.1 Å². The van der Waals surface area contributed by atoms with Gasteiger partial charge in [-0.1, -0.05) is 0 Å². The Morgan fingerprint density at radius 2 is 1.87 bits per heavy atom. The highest BCUT2D eigenvalue weighted by molar-refractivity contribution is 9.09. The van der Waals surface area contributed by atoms with E-state index < -0.39 is 24.3 Å². The van der Waals surface area contributed by atoms with Crippen molar-refractivity contribution in [2.45, 2.75) is 18.9 Å². The van der Waals surface area contributed by atoms with E-state index in [9.17, 15) is 14.7 Å². The molecule has 90 valence electrons. The van der Waals surface area contributed by atoms with E-state index in [1.54, 1.807) is 13.8 Å². The predicted octanol–water partition coefficient (Wildman–Crippen LogP) is 2.18. The van der Waals surface area contributed by atoms with Crippen LogP contribution in [0.1, 0.15) is 13.8 Å². The summed E-state index contributed by atoms with van der Waals surface area (Å²) < 4.78 is 26.1. The van der Waals surface area contributed by atoms with Crippen LogP contribution in [0.4, 0.5) is 0 Å². The molecule has 0 rings (SSSR count). The van der Waals surface area contributed by atoms with Crippen LogP contribution in [0.3, 0.4) is 0 Å². The fraction of sp³-hybridized carbons (Fsp3) is 1.00. The number of phosphoric ester groups is 1. The van der Waals surface area contributed by atoms with E-state index >= 15 is 0 Å². The minimum absolute atomic E-state index is 0.134. The molecule has 0 N–H and O–H groups in total. The van der Waals surface area contributed by atoms with Gasteiger partial charge in [-0.15, -0.1) is 0 Å². The van der Waals surface area contributed by atoms with Gasteiger partial charge in [0.1, 0.15) is 0 Å². The van der Waals surface area contributed by atoms with Crippen molar-refractivity contribution < 1.29 is 23.1 Å². The fourth-order valence-electron chi connectivity index (χ4n) is 0.705. The smallest absolute Gasteiger partial charge is 0.287 e. The first-order chi connectivity index (χ1) is 6.93. The van der Waals surface area contributed by atoms with Gasteiger partial charge in [-0.05, 0) is 29.8 Å². The lowest BCUT2D eigenvalue weighted by atomic mass is 10.7. The Hall–Kier alpha value is -0.0100. The minimum atomic E-state index is -3.68. The molecule has 0 fully saturated rings. The molecule has 15 heavy (non-hydrogen) atoms. The molecule has 0 aliphatic heterocycles. The second-order valence-corrected chi connectivity index (χ2v) is 4.96. The number of hydrogen-bond acceptors (Lipinski definition) is 6. The summed E-state index contributed by atoms with van der Waals surface area (Å²) in [6, 6.07) is 0. The third-order valence-corrected chi connectivity index (χ3v) is 3.54. The zero-order valence-corrected chi connectivity index (χ0v) is 10.9. The van der Waals surface area contributed by atoms with Crippen LogP contribution >= 0.6 is 23.8 Å². The third-order valence-electron chi connectivity index (χ3n) is 1.11. The van der Waals surface area contributed by atoms with Crippen LogP contribution in [-0.4, -0.2) is 29.7 Å². The van der Waals surface area contributed by atoms with Crippen LogP contribution in [0.15, 0.2) is 0 Å². The van der Waals surface area contributed by atoms with Crippen molar-refractivity contribution >= 4 is 23.8 Å². The molecule has 0 amide bonds. The highest BCUT2D eigenvalue weighted by Crippen LogP contribution is 2.50. The maximum atomic E-state index is 11.7. The topological polar surface area (TPSA) is 87.9 Å². The molecule has 0 bridgehead atoms. The molecule has 1 atom stereocenters. The second-order valence-electron chi connectivity index (χ2n) is 2.31. The van der Waals surface area contributed by atoms with Gasteiger partial charge in [0, 0.05) is 4.92 Å². The number of phosphoric acid groups is 1. The fourth-order valence-corrected chi connectivity index (χ4v) is 2.73. The van der Waals surface area contributed by atoms with Gasteiger partial charge in [0.05, 0.1) is 13.2 Å². The van der Waals surface area contributed by atoms with Crippen molar-refractivity contribution in [2.75, 3.05) is 19.8 Å². The molecule has 1 unspecified atom stereocenters. The van der Waals surface area contributed by atoms with E-state index in [0.29, 0.717) is 0 Å². The van der Waals surface area contributed by atoms with E-state index in [1.807, 2.05) is 0 Å². The van der Waals surface area contributed by atoms with Crippen LogP contribution in [-0.2, 0) is 18.1 Å². The second kappa shape index (κ2) is 7.29. The lowest BCUT2D eigenvalue weighted by Gasteiger charge is -2.17. The van der Waals surface area contributed by atoms with E-state index in [0.717, 1.165) is 0 Å². The zero-order chi connectivity index (χ0) is 11.9. The Bertz CT molecular complexity index is 240. The van der Waals surface area contributed by atoms with Crippen molar-refractivity contribution in [1.29, 1.82) is 0 Å². The highest BCUT2D eigenvalue weighted by atomic mass is 79.9. The van der Waals surface area contributed by atoms with E-state index in [4.69, 9.17) is 13.6 Å². The normalized spacial score (nSPS) is 13.8. The molecule has 0 radical (unpaired) electrons. The maximum Gasteiger partial charge on any atom is 0.476 e. The Balaban J connectivity index is 4.27. The standard InChI is InChI=1S/C6H13BrNO6P/c1-3-12-15(11,13-4-2)14-6(7)5-8(9)10/h6H,3-5H2,1-2H3. The van der Waals surface area contributed by atoms with E-state index in [1.165, 1.54) is 0 Å². The molecule has 0 aromatic carbocycles. The van der Waals surface area contributed by atoms with Gasteiger partial charge < -0.3 is 0 Å². The number of nitro groups is 1.